The van der Waals surface area contributed by atoms with Gasteiger partial charge in [-0.15, -0.1) is 0 Å². The highest BCUT2D eigenvalue weighted by Gasteiger charge is 2.69. The molecule has 0 aromatic heterocycles. The van der Waals surface area contributed by atoms with Crippen molar-refractivity contribution in [3.8, 4) is 0 Å². The SMILES string of the molecule is CC(=O)O[C@H]1C[C@]2(C(C)(C)O)CO[C@@](c3ccc(C)c(Cc4ccc(CCCC(=O)N5C[C@@H](O)C[C@H]5C(=O)NCCN(C)C)cc4)c3)(O2)[C@@H]1OC(C)=O. The summed E-state index contributed by atoms with van der Waals surface area (Å²) in [5, 5.41) is 24.3. The molecule has 13 nitrogen and oxygen atoms in total. The lowest BCUT2D eigenvalue weighted by Gasteiger charge is -2.49. The number of likely N-dealkylation sites (tertiary alicyclic amines) is 1. The van der Waals surface area contributed by atoms with Crippen LogP contribution in [-0.2, 0) is 56.8 Å². The molecule has 2 aromatic rings. The third-order valence-corrected chi connectivity index (χ3v) is 10.6. The highest BCUT2D eigenvalue weighted by Crippen LogP contribution is 2.55. The molecule has 0 aliphatic carbocycles. The third kappa shape index (κ3) is 9.09. The first-order valence-electron chi connectivity index (χ1n) is 18.4. The maximum atomic E-state index is 13.1. The highest BCUT2D eigenvalue weighted by atomic mass is 16.8. The minimum atomic E-state index is -1.63. The van der Waals surface area contributed by atoms with Gasteiger partial charge in [0.2, 0.25) is 17.6 Å². The van der Waals surface area contributed by atoms with E-state index in [1.54, 1.807) is 13.8 Å². The number of rotatable bonds is 14. The van der Waals surface area contributed by atoms with Crippen LogP contribution in [0.25, 0.3) is 0 Å². The molecule has 0 saturated carbocycles. The van der Waals surface area contributed by atoms with Gasteiger partial charge in [0.05, 0.1) is 18.3 Å². The van der Waals surface area contributed by atoms with Crippen LogP contribution in [0.15, 0.2) is 42.5 Å². The molecule has 3 fully saturated rings. The number of amides is 2. The number of likely N-dealkylation sites (N-methyl/N-ethyl adjacent to an activating group) is 1. The first kappa shape index (κ1) is 40.3. The molecule has 3 heterocycles. The zero-order chi connectivity index (χ0) is 38.7. The van der Waals surface area contributed by atoms with Crippen molar-refractivity contribution in [2.75, 3.05) is 40.3 Å². The van der Waals surface area contributed by atoms with Crippen LogP contribution in [-0.4, -0.2) is 120 Å². The standard InChI is InChI=1S/C40H55N3O10/c1-25-11-16-31(40-36(52-27(3)45)34(51-26(2)44)22-39(53-40,24-50-40)38(4,5)49)20-30(25)19-29-14-12-28(13-15-29)9-8-10-35(47)43-23-32(46)21-33(43)37(48)41-17-18-42(6)7/h11-16,20,32-34,36,46,49H,8-10,17-19,21-24H2,1-7H3,(H,41,48)/t32-,33-,34-,36+,39+,40-/m0/s1. The van der Waals surface area contributed by atoms with E-state index in [4.69, 9.17) is 18.9 Å². The number of ether oxygens (including phenoxy) is 4. The number of fused-ring (bicyclic) bond motifs is 2. The van der Waals surface area contributed by atoms with E-state index in [2.05, 4.69) is 5.32 Å². The molecule has 0 unspecified atom stereocenters. The lowest BCUT2D eigenvalue weighted by atomic mass is 9.77. The van der Waals surface area contributed by atoms with E-state index in [0.29, 0.717) is 37.9 Å². The molecule has 2 aromatic carbocycles. The predicted octanol–water partition coefficient (Wildman–Crippen LogP) is 2.52. The Morgan fingerprint density at radius 3 is 2.36 bits per heavy atom. The fraction of sp³-hybridized carbons (Fsp3) is 0.600. The number of β-amino-alcohol motifs (C(OH)–C–C–N with tert-alkyl or cyclic N) is 1. The molecule has 3 N–H and O–H groups in total. The minimum absolute atomic E-state index is 0.00471. The average Bonchev–Trinajstić information content (AvgIpc) is 3.64. The van der Waals surface area contributed by atoms with Gasteiger partial charge < -0.3 is 44.3 Å². The summed E-state index contributed by atoms with van der Waals surface area (Å²) in [6, 6.07) is 13.3. The normalized spacial score (nSPS) is 26.8. The van der Waals surface area contributed by atoms with Gasteiger partial charge >= 0.3 is 11.9 Å². The van der Waals surface area contributed by atoms with Gasteiger partial charge in [0.15, 0.2) is 6.10 Å². The van der Waals surface area contributed by atoms with E-state index in [-0.39, 0.29) is 44.2 Å². The second-order valence-corrected chi connectivity index (χ2v) is 15.5. The zero-order valence-corrected chi connectivity index (χ0v) is 32.0. The largest absolute Gasteiger partial charge is 0.458 e. The summed E-state index contributed by atoms with van der Waals surface area (Å²) in [5.74, 6) is -3.13. The number of hydrogen-bond donors (Lipinski definition) is 3. The van der Waals surface area contributed by atoms with Crippen LogP contribution in [0.3, 0.4) is 0 Å². The summed E-state index contributed by atoms with van der Waals surface area (Å²) in [6.45, 7) is 9.12. The van der Waals surface area contributed by atoms with Crippen LogP contribution in [0.4, 0.5) is 0 Å². The summed E-state index contributed by atoms with van der Waals surface area (Å²) in [6.07, 6.45) is -0.302. The monoisotopic (exact) mass is 737 g/mol. The Hall–Kier alpha value is -3.88. The summed E-state index contributed by atoms with van der Waals surface area (Å²) in [7, 11) is 3.84. The molecule has 13 heteroatoms. The van der Waals surface area contributed by atoms with E-state index < -0.39 is 53.3 Å². The van der Waals surface area contributed by atoms with Crippen molar-refractivity contribution < 1.29 is 48.3 Å². The van der Waals surface area contributed by atoms with E-state index in [0.717, 1.165) is 22.3 Å². The average molecular weight is 738 g/mol. The summed E-state index contributed by atoms with van der Waals surface area (Å²) in [4.78, 5) is 53.9. The van der Waals surface area contributed by atoms with Gasteiger partial charge in [0.1, 0.15) is 17.7 Å². The fourth-order valence-electron chi connectivity index (χ4n) is 7.57. The maximum Gasteiger partial charge on any atom is 0.303 e. The number of aryl methyl sites for hydroxylation is 2. The first-order chi connectivity index (χ1) is 24.9. The molecular weight excluding hydrogens is 682 g/mol. The molecule has 0 radical (unpaired) electrons. The Labute approximate surface area is 311 Å². The van der Waals surface area contributed by atoms with Gasteiger partial charge in [-0.1, -0.05) is 36.4 Å². The summed E-state index contributed by atoms with van der Waals surface area (Å²) in [5.41, 5.74) is 2.09. The molecule has 290 valence electrons. The van der Waals surface area contributed by atoms with Gasteiger partial charge in [-0.25, -0.2) is 0 Å². The number of aliphatic hydroxyl groups excluding tert-OH is 1. The number of nitrogens with one attached hydrogen (secondary N) is 1. The van der Waals surface area contributed by atoms with Crippen molar-refractivity contribution in [1.82, 2.24) is 15.1 Å². The van der Waals surface area contributed by atoms with Gasteiger partial charge in [0.25, 0.3) is 0 Å². The van der Waals surface area contributed by atoms with Crippen molar-refractivity contribution in [1.29, 1.82) is 0 Å². The second kappa shape index (κ2) is 16.2. The topological polar surface area (TPSA) is 164 Å². The lowest BCUT2D eigenvalue weighted by Crippen LogP contribution is -2.64. The molecule has 3 aliphatic heterocycles. The van der Waals surface area contributed by atoms with E-state index in [9.17, 15) is 29.4 Å². The summed E-state index contributed by atoms with van der Waals surface area (Å²) >= 11 is 0. The molecule has 53 heavy (non-hydrogen) atoms. The van der Waals surface area contributed by atoms with Crippen LogP contribution in [0, 0.1) is 6.92 Å². The highest BCUT2D eigenvalue weighted by molar-refractivity contribution is 5.88. The molecule has 2 bridgehead atoms. The van der Waals surface area contributed by atoms with Gasteiger partial charge in [-0.3, -0.25) is 19.2 Å². The van der Waals surface area contributed by atoms with Crippen LogP contribution in [0.1, 0.15) is 81.2 Å². The molecule has 3 aliphatic rings. The van der Waals surface area contributed by atoms with Crippen molar-refractivity contribution in [2.45, 2.75) is 114 Å². The van der Waals surface area contributed by atoms with Crippen LogP contribution in [0.2, 0.25) is 0 Å². The van der Waals surface area contributed by atoms with Crippen LogP contribution >= 0.6 is 0 Å². The minimum Gasteiger partial charge on any atom is -0.458 e. The van der Waals surface area contributed by atoms with Gasteiger partial charge in [0, 0.05) is 58.3 Å². The Bertz CT molecular complexity index is 1660. The third-order valence-electron chi connectivity index (χ3n) is 10.6. The van der Waals surface area contributed by atoms with Crippen molar-refractivity contribution in [3.05, 3.63) is 70.3 Å². The molecule has 6 atom stereocenters. The number of benzene rings is 2. The number of aliphatic hydroxyl groups is 2. The number of nitrogens with zero attached hydrogens (tertiary/aromatic N) is 2. The van der Waals surface area contributed by atoms with Crippen molar-refractivity contribution in [2.24, 2.45) is 0 Å². The van der Waals surface area contributed by atoms with Crippen molar-refractivity contribution in [3.63, 3.8) is 0 Å². The van der Waals surface area contributed by atoms with Gasteiger partial charge in [-0.2, -0.15) is 0 Å². The first-order valence-corrected chi connectivity index (χ1v) is 18.4. The van der Waals surface area contributed by atoms with E-state index in [1.807, 2.05) is 68.4 Å². The maximum absolute atomic E-state index is 13.1. The van der Waals surface area contributed by atoms with Gasteiger partial charge in [-0.05, 0) is 82.4 Å². The van der Waals surface area contributed by atoms with E-state index >= 15 is 0 Å². The summed E-state index contributed by atoms with van der Waals surface area (Å²) < 4.78 is 24.5. The Kier molecular flexibility index (Phi) is 12.3. The lowest BCUT2D eigenvalue weighted by molar-refractivity contribution is -0.323. The zero-order valence-electron chi connectivity index (χ0n) is 32.0. The second-order valence-electron chi connectivity index (χ2n) is 15.5. The smallest absolute Gasteiger partial charge is 0.303 e. The number of hydrogen-bond acceptors (Lipinski definition) is 11. The number of carbonyl (C=O) groups is 4. The Morgan fingerprint density at radius 2 is 1.72 bits per heavy atom. The predicted molar refractivity (Wildman–Crippen MR) is 195 cm³/mol. The molecule has 0 spiro atoms. The van der Waals surface area contributed by atoms with Crippen molar-refractivity contribution >= 4 is 23.8 Å². The fourth-order valence-corrected chi connectivity index (χ4v) is 7.57. The van der Waals surface area contributed by atoms with Crippen LogP contribution < -0.4 is 5.32 Å². The number of esters is 2. The molecule has 3 saturated heterocycles. The van der Waals surface area contributed by atoms with Crippen LogP contribution in [0.5, 0.6) is 0 Å². The Morgan fingerprint density at radius 1 is 1.04 bits per heavy atom. The van der Waals surface area contributed by atoms with E-state index in [1.165, 1.54) is 18.7 Å². The molecular formula is C40H55N3O10. The molecule has 5 rings (SSSR count). The number of carbonyl (C=O) groups excluding carboxylic acids is 4. The quantitative estimate of drug-likeness (QED) is 0.244. The Balaban J connectivity index is 1.26. The molecule has 2 amide bonds.